The molecule has 2 aromatic heterocycles. The number of fused-ring (bicyclic) bond motifs is 3. The van der Waals surface area contributed by atoms with Gasteiger partial charge in [-0.05, 0) is 10.9 Å². The average Bonchev–Trinajstić information content (AvgIpc) is 2.94. The second kappa shape index (κ2) is 5.21. The number of hydrogen-bond donors (Lipinski definition) is 1. The van der Waals surface area contributed by atoms with Gasteiger partial charge < -0.3 is 10.2 Å². The van der Waals surface area contributed by atoms with E-state index in [-0.39, 0.29) is 18.1 Å². The summed E-state index contributed by atoms with van der Waals surface area (Å²) in [5.74, 6) is 0.0650. The first kappa shape index (κ1) is 14.0. The lowest BCUT2D eigenvalue weighted by Gasteiger charge is -2.08. The summed E-state index contributed by atoms with van der Waals surface area (Å²) in [6.07, 6.45) is 0. The first-order valence-electron chi connectivity index (χ1n) is 7.21. The standard InChI is InChI=1S/C17H11N5O2/c18-8-14-17(19)20-21-22(14)9-11-7-15(23)24-16-12-4-2-1-3-10(12)5-6-13(11)16/h1-7H,9,19H2. The largest absolute Gasteiger partial charge is 0.422 e. The van der Waals surface area contributed by atoms with Crippen LogP contribution in [0.15, 0.2) is 51.7 Å². The summed E-state index contributed by atoms with van der Waals surface area (Å²) in [4.78, 5) is 12.0. The molecule has 0 aliphatic rings. The molecule has 4 aromatic rings. The molecule has 24 heavy (non-hydrogen) atoms. The Hall–Kier alpha value is -3.66. The minimum atomic E-state index is -0.458. The van der Waals surface area contributed by atoms with E-state index < -0.39 is 5.63 Å². The van der Waals surface area contributed by atoms with Crippen molar-refractivity contribution in [3.05, 3.63) is 64.1 Å². The van der Waals surface area contributed by atoms with E-state index in [1.807, 2.05) is 42.5 Å². The van der Waals surface area contributed by atoms with E-state index in [1.54, 1.807) is 0 Å². The Kier molecular flexibility index (Phi) is 3.03. The van der Waals surface area contributed by atoms with E-state index in [1.165, 1.54) is 10.7 Å². The second-order valence-corrected chi connectivity index (χ2v) is 5.35. The molecular weight excluding hydrogens is 306 g/mol. The topological polar surface area (TPSA) is 111 Å². The zero-order valence-corrected chi connectivity index (χ0v) is 12.4. The number of nitrogen functional groups attached to an aromatic ring is 1. The normalized spacial score (nSPS) is 11.0. The Morgan fingerprint density at radius 2 is 2.04 bits per heavy atom. The number of benzene rings is 2. The van der Waals surface area contributed by atoms with Crippen LogP contribution in [0, 0.1) is 11.3 Å². The Morgan fingerprint density at radius 3 is 2.88 bits per heavy atom. The third kappa shape index (κ3) is 2.09. The van der Waals surface area contributed by atoms with Crippen LogP contribution < -0.4 is 11.4 Å². The summed E-state index contributed by atoms with van der Waals surface area (Å²) in [5, 5.41) is 19.4. The maximum absolute atomic E-state index is 12.0. The van der Waals surface area contributed by atoms with Crippen LogP contribution in [0.2, 0.25) is 0 Å². The summed E-state index contributed by atoms with van der Waals surface area (Å²) in [5.41, 5.74) is 6.54. The fraction of sp³-hybridized carbons (Fsp3) is 0.0588. The van der Waals surface area contributed by atoms with Crippen LogP contribution in [-0.4, -0.2) is 15.0 Å². The molecular formula is C17H11N5O2. The molecule has 0 fully saturated rings. The summed E-state index contributed by atoms with van der Waals surface area (Å²) >= 11 is 0. The van der Waals surface area contributed by atoms with Crippen molar-refractivity contribution in [1.82, 2.24) is 15.0 Å². The molecule has 0 radical (unpaired) electrons. The fourth-order valence-corrected chi connectivity index (χ4v) is 2.80. The average molecular weight is 317 g/mol. The molecule has 0 spiro atoms. The van der Waals surface area contributed by atoms with Crippen molar-refractivity contribution in [2.75, 3.05) is 5.73 Å². The lowest BCUT2D eigenvalue weighted by atomic mass is 10.0. The third-order valence-electron chi connectivity index (χ3n) is 3.91. The minimum Gasteiger partial charge on any atom is -0.422 e. The van der Waals surface area contributed by atoms with Gasteiger partial charge in [0.2, 0.25) is 0 Å². The lowest BCUT2D eigenvalue weighted by molar-refractivity contribution is 0.558. The highest BCUT2D eigenvalue weighted by Gasteiger charge is 2.14. The highest BCUT2D eigenvalue weighted by Crippen LogP contribution is 2.27. The molecule has 0 saturated carbocycles. The van der Waals surface area contributed by atoms with Crippen LogP contribution in [0.25, 0.3) is 21.7 Å². The predicted molar refractivity (Wildman–Crippen MR) is 88.2 cm³/mol. The van der Waals surface area contributed by atoms with Crippen molar-refractivity contribution in [3.63, 3.8) is 0 Å². The molecule has 0 amide bonds. The van der Waals surface area contributed by atoms with Crippen LogP contribution in [0.5, 0.6) is 0 Å². The number of aromatic nitrogens is 3. The van der Waals surface area contributed by atoms with Crippen LogP contribution in [-0.2, 0) is 6.54 Å². The Balaban J connectivity index is 1.97. The van der Waals surface area contributed by atoms with Gasteiger partial charge in [0.1, 0.15) is 11.7 Å². The number of anilines is 1. The number of nitrogens with two attached hydrogens (primary N) is 1. The van der Waals surface area contributed by atoms with E-state index in [9.17, 15) is 4.79 Å². The van der Waals surface area contributed by atoms with Gasteiger partial charge in [0.05, 0.1) is 6.54 Å². The third-order valence-corrected chi connectivity index (χ3v) is 3.91. The maximum atomic E-state index is 12.0. The molecule has 0 aliphatic carbocycles. The molecule has 2 aromatic carbocycles. The number of nitriles is 1. The molecule has 7 heteroatoms. The fourth-order valence-electron chi connectivity index (χ4n) is 2.80. The van der Waals surface area contributed by atoms with Crippen molar-refractivity contribution in [3.8, 4) is 6.07 Å². The highest BCUT2D eigenvalue weighted by molar-refractivity contribution is 6.04. The van der Waals surface area contributed by atoms with Crippen LogP contribution in [0.1, 0.15) is 11.3 Å². The van der Waals surface area contributed by atoms with E-state index in [0.29, 0.717) is 11.1 Å². The quantitative estimate of drug-likeness (QED) is 0.447. The molecule has 2 heterocycles. The second-order valence-electron chi connectivity index (χ2n) is 5.35. The first-order valence-corrected chi connectivity index (χ1v) is 7.21. The molecule has 116 valence electrons. The summed E-state index contributed by atoms with van der Waals surface area (Å²) in [7, 11) is 0. The van der Waals surface area contributed by atoms with Crippen molar-refractivity contribution in [1.29, 1.82) is 5.26 Å². The summed E-state index contributed by atoms with van der Waals surface area (Å²) < 4.78 is 6.80. The number of nitrogens with zero attached hydrogens (tertiary/aromatic N) is 4. The van der Waals surface area contributed by atoms with E-state index in [0.717, 1.165) is 16.2 Å². The van der Waals surface area contributed by atoms with Gasteiger partial charge in [0, 0.05) is 16.8 Å². The summed E-state index contributed by atoms with van der Waals surface area (Å²) in [6, 6.07) is 14.9. The van der Waals surface area contributed by atoms with Gasteiger partial charge in [0.15, 0.2) is 11.5 Å². The summed E-state index contributed by atoms with van der Waals surface area (Å²) in [6.45, 7) is 0.202. The minimum absolute atomic E-state index is 0.0650. The van der Waals surface area contributed by atoms with Gasteiger partial charge in [0.25, 0.3) is 0 Å². The molecule has 0 unspecified atom stereocenters. The zero-order chi connectivity index (χ0) is 16.7. The number of hydrogen-bond acceptors (Lipinski definition) is 6. The Labute approximate surface area is 135 Å². The molecule has 7 nitrogen and oxygen atoms in total. The number of rotatable bonds is 2. The zero-order valence-electron chi connectivity index (χ0n) is 12.4. The van der Waals surface area contributed by atoms with Gasteiger partial charge in [-0.1, -0.05) is 41.6 Å². The molecule has 0 bridgehead atoms. The molecule has 0 aliphatic heterocycles. The maximum Gasteiger partial charge on any atom is 0.336 e. The van der Waals surface area contributed by atoms with Crippen molar-refractivity contribution < 1.29 is 4.42 Å². The Morgan fingerprint density at radius 1 is 1.21 bits per heavy atom. The van der Waals surface area contributed by atoms with Crippen LogP contribution in [0.3, 0.4) is 0 Å². The van der Waals surface area contributed by atoms with Crippen LogP contribution >= 0.6 is 0 Å². The lowest BCUT2D eigenvalue weighted by Crippen LogP contribution is -2.09. The van der Waals surface area contributed by atoms with Gasteiger partial charge in [-0.3, -0.25) is 0 Å². The van der Waals surface area contributed by atoms with Gasteiger partial charge in [-0.25, -0.2) is 9.48 Å². The van der Waals surface area contributed by atoms with E-state index in [2.05, 4.69) is 10.3 Å². The van der Waals surface area contributed by atoms with Gasteiger partial charge >= 0.3 is 5.63 Å². The molecule has 4 rings (SSSR count). The first-order chi connectivity index (χ1) is 11.7. The predicted octanol–water partition coefficient (Wildman–Crippen LogP) is 2.04. The van der Waals surface area contributed by atoms with Crippen LogP contribution in [0.4, 0.5) is 5.82 Å². The molecule has 0 saturated heterocycles. The van der Waals surface area contributed by atoms with E-state index >= 15 is 0 Å². The highest BCUT2D eigenvalue weighted by atomic mass is 16.4. The van der Waals surface area contributed by atoms with Gasteiger partial charge in [-0.2, -0.15) is 5.26 Å². The molecule has 0 atom stereocenters. The van der Waals surface area contributed by atoms with Crippen molar-refractivity contribution in [2.24, 2.45) is 0 Å². The molecule has 2 N–H and O–H groups in total. The monoisotopic (exact) mass is 317 g/mol. The Bertz CT molecular complexity index is 1180. The van der Waals surface area contributed by atoms with Gasteiger partial charge in [-0.15, -0.1) is 5.10 Å². The smallest absolute Gasteiger partial charge is 0.336 e. The SMILES string of the molecule is N#Cc1c(N)nnn1Cc1cc(=O)oc2c1ccc1ccccc12. The van der Waals surface area contributed by atoms with Crippen molar-refractivity contribution in [2.45, 2.75) is 6.54 Å². The van der Waals surface area contributed by atoms with E-state index in [4.69, 9.17) is 15.4 Å². The van der Waals surface area contributed by atoms with Crippen molar-refractivity contribution >= 4 is 27.6 Å².